The largest absolute Gasteiger partial charge is 0.497 e. The fourth-order valence-electron chi connectivity index (χ4n) is 4.34. The Kier molecular flexibility index (Phi) is 8.39. The van der Waals surface area contributed by atoms with Gasteiger partial charge in [0.25, 0.3) is 5.91 Å². The zero-order valence-electron chi connectivity index (χ0n) is 20.2. The molecule has 0 radical (unpaired) electrons. The first-order valence-corrected chi connectivity index (χ1v) is 13.1. The molecule has 0 saturated heterocycles. The summed E-state index contributed by atoms with van der Waals surface area (Å²) in [6.45, 7) is 1.96. The number of nitrogens with zero attached hydrogens (tertiary/aromatic N) is 2. The van der Waals surface area contributed by atoms with Gasteiger partial charge in [-0.1, -0.05) is 65.9 Å². The number of nitrogens with one attached hydrogen (secondary N) is 1. The Morgan fingerprint density at radius 2 is 1.67 bits per heavy atom. The van der Waals surface area contributed by atoms with Crippen LogP contribution in [0.4, 0.5) is 5.69 Å². The molecule has 1 aliphatic carbocycles. The number of carbonyl (C=O) groups excluding carboxylic acids is 2. The summed E-state index contributed by atoms with van der Waals surface area (Å²) in [5, 5.41) is 3.20. The Labute approximate surface area is 224 Å². The summed E-state index contributed by atoms with van der Waals surface area (Å²) in [4.78, 5) is 29.3. The maximum absolute atomic E-state index is 14.1. The smallest absolute Gasteiger partial charge is 0.280 e. The van der Waals surface area contributed by atoms with Gasteiger partial charge in [0, 0.05) is 24.2 Å². The second kappa shape index (κ2) is 11.5. The highest BCUT2D eigenvalue weighted by Crippen LogP contribution is 2.38. The molecular formula is C26H27Cl2N3O4S. The third kappa shape index (κ3) is 5.61. The van der Waals surface area contributed by atoms with Crippen molar-refractivity contribution in [2.24, 2.45) is 0 Å². The van der Waals surface area contributed by atoms with Crippen molar-refractivity contribution in [3.63, 3.8) is 0 Å². The van der Waals surface area contributed by atoms with Crippen LogP contribution in [0.15, 0.2) is 42.5 Å². The molecule has 190 valence electrons. The Morgan fingerprint density at radius 3 is 2.19 bits per heavy atom. The number of benzene rings is 2. The average Bonchev–Trinajstić information content (AvgIpc) is 3.51. The van der Waals surface area contributed by atoms with E-state index < -0.39 is 11.9 Å². The number of aromatic nitrogens is 1. The van der Waals surface area contributed by atoms with E-state index in [-0.39, 0.29) is 27.0 Å². The van der Waals surface area contributed by atoms with Gasteiger partial charge in [0.05, 0.1) is 19.9 Å². The summed E-state index contributed by atoms with van der Waals surface area (Å²) in [6.07, 6.45) is 3.92. The Hall–Kier alpha value is -2.81. The summed E-state index contributed by atoms with van der Waals surface area (Å²) in [5.74, 6) is 0.0655. The lowest BCUT2D eigenvalue weighted by Crippen LogP contribution is -2.46. The predicted molar refractivity (Wildman–Crippen MR) is 143 cm³/mol. The van der Waals surface area contributed by atoms with Crippen LogP contribution in [-0.2, 0) is 4.79 Å². The molecule has 1 aliphatic rings. The number of anilines is 1. The van der Waals surface area contributed by atoms with E-state index >= 15 is 0 Å². The summed E-state index contributed by atoms with van der Waals surface area (Å²) in [5.41, 5.74) is 2.04. The second-order valence-corrected chi connectivity index (χ2v) is 10.4. The van der Waals surface area contributed by atoms with Crippen LogP contribution in [0.1, 0.15) is 53.3 Å². The Balaban J connectivity index is 1.89. The highest BCUT2D eigenvalue weighted by molar-refractivity contribution is 7.11. The number of ether oxygens (including phenoxy) is 2. The molecular weight excluding hydrogens is 521 g/mol. The van der Waals surface area contributed by atoms with Gasteiger partial charge >= 0.3 is 0 Å². The zero-order valence-corrected chi connectivity index (χ0v) is 22.5. The van der Waals surface area contributed by atoms with Crippen molar-refractivity contribution in [1.82, 2.24) is 9.69 Å². The standard InChI is InChI=1S/C26H27Cl2N3O4S/c1-15-8-10-16(11-9-15)23(25(32)29-17-6-4-5-7-17)31(26(33)22-21(27)24(28)36-30-22)18-12-19(34-2)14-20(13-18)35-3/h8-14,17,23H,4-7H2,1-3H3,(H,29,32)/t23-/m0/s1. The SMILES string of the molecule is COc1cc(OC)cc(N(C(=O)c2nsc(Cl)c2Cl)[C@H](C(=O)NC2CCCC2)c2ccc(C)cc2)c1. The minimum absolute atomic E-state index is 0.0285. The number of methoxy groups -OCH3 is 2. The molecule has 7 nitrogen and oxygen atoms in total. The summed E-state index contributed by atoms with van der Waals surface area (Å²) in [6, 6.07) is 11.6. The van der Waals surface area contributed by atoms with Crippen molar-refractivity contribution < 1.29 is 19.1 Å². The molecule has 2 amide bonds. The number of halogens is 2. The molecule has 0 unspecified atom stereocenters. The molecule has 2 aromatic carbocycles. The van der Waals surface area contributed by atoms with Crippen LogP contribution in [0, 0.1) is 6.92 Å². The van der Waals surface area contributed by atoms with Crippen molar-refractivity contribution in [2.45, 2.75) is 44.7 Å². The number of rotatable bonds is 8. The Morgan fingerprint density at radius 1 is 1.06 bits per heavy atom. The van der Waals surface area contributed by atoms with Gasteiger partial charge in [-0.2, -0.15) is 4.37 Å². The number of aryl methyl sites for hydroxylation is 1. The molecule has 1 atom stereocenters. The first-order chi connectivity index (χ1) is 17.3. The summed E-state index contributed by atoms with van der Waals surface area (Å²) >= 11 is 13.4. The molecule has 0 bridgehead atoms. The van der Waals surface area contributed by atoms with Crippen molar-refractivity contribution in [1.29, 1.82) is 0 Å². The molecule has 10 heteroatoms. The highest BCUT2D eigenvalue weighted by atomic mass is 35.5. The quantitative estimate of drug-likeness (QED) is 0.362. The predicted octanol–water partition coefficient (Wildman–Crippen LogP) is 6.22. The molecule has 0 aliphatic heterocycles. The molecule has 4 rings (SSSR count). The van der Waals surface area contributed by atoms with Crippen molar-refractivity contribution >= 4 is 52.2 Å². The molecule has 1 saturated carbocycles. The lowest BCUT2D eigenvalue weighted by Gasteiger charge is -2.32. The summed E-state index contributed by atoms with van der Waals surface area (Å²) in [7, 11) is 3.04. The molecule has 1 aromatic heterocycles. The monoisotopic (exact) mass is 547 g/mol. The van der Waals surface area contributed by atoms with Crippen molar-refractivity contribution in [2.75, 3.05) is 19.1 Å². The second-order valence-electron chi connectivity index (χ2n) is 8.67. The molecule has 1 heterocycles. The van der Waals surface area contributed by atoms with E-state index in [1.807, 2.05) is 31.2 Å². The van der Waals surface area contributed by atoms with E-state index in [2.05, 4.69) is 9.69 Å². The highest BCUT2D eigenvalue weighted by Gasteiger charge is 2.37. The minimum atomic E-state index is -1.01. The number of hydrogen-bond acceptors (Lipinski definition) is 6. The van der Waals surface area contributed by atoms with Crippen LogP contribution in [0.5, 0.6) is 11.5 Å². The lowest BCUT2D eigenvalue weighted by molar-refractivity contribution is -0.123. The van der Waals surface area contributed by atoms with E-state index in [4.69, 9.17) is 32.7 Å². The van der Waals surface area contributed by atoms with Crippen molar-refractivity contribution in [3.05, 3.63) is 68.6 Å². The van der Waals surface area contributed by atoms with Crippen molar-refractivity contribution in [3.8, 4) is 11.5 Å². The van der Waals surface area contributed by atoms with Crippen LogP contribution < -0.4 is 19.7 Å². The van der Waals surface area contributed by atoms with Crippen LogP contribution >= 0.6 is 34.7 Å². The Bertz CT molecular complexity index is 1220. The maximum Gasteiger partial charge on any atom is 0.280 e. The fourth-order valence-corrected chi connectivity index (χ4v) is 5.33. The van der Waals surface area contributed by atoms with Crippen LogP contribution in [-0.4, -0.2) is 36.4 Å². The van der Waals surface area contributed by atoms with Gasteiger partial charge < -0.3 is 14.8 Å². The van der Waals surface area contributed by atoms with E-state index in [1.165, 1.54) is 19.1 Å². The van der Waals surface area contributed by atoms with E-state index in [1.54, 1.807) is 18.2 Å². The van der Waals surface area contributed by atoms with Crippen LogP contribution in [0.2, 0.25) is 9.36 Å². The van der Waals surface area contributed by atoms with Crippen LogP contribution in [0.3, 0.4) is 0 Å². The van der Waals surface area contributed by atoms with E-state index in [9.17, 15) is 9.59 Å². The first-order valence-electron chi connectivity index (χ1n) is 11.6. The van der Waals surface area contributed by atoms with Gasteiger partial charge in [0.15, 0.2) is 5.69 Å². The fraction of sp³-hybridized carbons (Fsp3) is 0.346. The third-order valence-electron chi connectivity index (χ3n) is 6.23. The average molecular weight is 548 g/mol. The minimum Gasteiger partial charge on any atom is -0.497 e. The van der Waals surface area contributed by atoms with Gasteiger partial charge in [-0.3, -0.25) is 14.5 Å². The van der Waals surface area contributed by atoms with Gasteiger partial charge in [-0.15, -0.1) is 0 Å². The zero-order chi connectivity index (χ0) is 25.8. The normalized spacial score (nSPS) is 14.4. The lowest BCUT2D eigenvalue weighted by atomic mass is 10.0. The number of hydrogen-bond donors (Lipinski definition) is 1. The molecule has 1 fully saturated rings. The van der Waals surface area contributed by atoms with Gasteiger partial charge in [0.1, 0.15) is 26.9 Å². The van der Waals surface area contributed by atoms with Gasteiger partial charge in [-0.25, -0.2) is 0 Å². The van der Waals surface area contributed by atoms with E-state index in [0.29, 0.717) is 22.7 Å². The van der Waals surface area contributed by atoms with E-state index in [0.717, 1.165) is 42.8 Å². The molecule has 0 spiro atoms. The summed E-state index contributed by atoms with van der Waals surface area (Å²) < 4.78 is 15.3. The first kappa shape index (κ1) is 26.3. The maximum atomic E-state index is 14.1. The molecule has 1 N–H and O–H groups in total. The van der Waals surface area contributed by atoms with Gasteiger partial charge in [0.2, 0.25) is 5.91 Å². The topological polar surface area (TPSA) is 80.8 Å². The number of carbonyl (C=O) groups is 2. The molecule has 3 aromatic rings. The third-order valence-corrected chi connectivity index (χ3v) is 7.85. The number of amides is 2. The molecule has 36 heavy (non-hydrogen) atoms. The van der Waals surface area contributed by atoms with Crippen LogP contribution in [0.25, 0.3) is 0 Å². The van der Waals surface area contributed by atoms with Gasteiger partial charge in [-0.05, 0) is 36.9 Å².